The molecule has 0 aromatic heterocycles. The Hall–Kier alpha value is -1.38. The predicted octanol–water partition coefficient (Wildman–Crippen LogP) is 2.31. The van der Waals surface area contributed by atoms with Crippen LogP contribution < -0.4 is 0 Å². The van der Waals surface area contributed by atoms with Gasteiger partial charge in [0, 0.05) is 6.42 Å². The number of aliphatic carboxylic acids is 1. The van der Waals surface area contributed by atoms with Crippen molar-refractivity contribution in [2.24, 2.45) is 0 Å². The first-order valence-corrected chi connectivity index (χ1v) is 5.08. The molecule has 1 fully saturated rings. The van der Waals surface area contributed by atoms with Crippen LogP contribution in [0.1, 0.15) is 24.0 Å². The van der Waals surface area contributed by atoms with Crippen molar-refractivity contribution in [3.8, 4) is 0 Å². The molecule has 0 amide bonds. The lowest BCUT2D eigenvalue weighted by Crippen LogP contribution is -2.19. The SMILES string of the molecule is O=C(O)C1(c2cccc(CCF)c2)CC1. The summed E-state index contributed by atoms with van der Waals surface area (Å²) < 4.78 is 12.2. The summed E-state index contributed by atoms with van der Waals surface area (Å²) in [6.45, 7) is -0.399. The van der Waals surface area contributed by atoms with E-state index in [4.69, 9.17) is 5.11 Å². The lowest BCUT2D eigenvalue weighted by molar-refractivity contribution is -0.140. The van der Waals surface area contributed by atoms with E-state index in [1.165, 1.54) is 0 Å². The van der Waals surface area contributed by atoms with E-state index in [9.17, 15) is 9.18 Å². The molecular weight excluding hydrogens is 195 g/mol. The van der Waals surface area contributed by atoms with E-state index in [-0.39, 0.29) is 0 Å². The van der Waals surface area contributed by atoms with Crippen molar-refractivity contribution in [2.45, 2.75) is 24.7 Å². The fourth-order valence-corrected chi connectivity index (χ4v) is 1.88. The molecule has 0 bridgehead atoms. The Labute approximate surface area is 87.7 Å². The minimum atomic E-state index is -0.764. The maximum absolute atomic E-state index is 12.2. The fraction of sp³-hybridized carbons (Fsp3) is 0.417. The van der Waals surface area contributed by atoms with Crippen LogP contribution in [0.2, 0.25) is 0 Å². The molecular formula is C12H13FO2. The quantitative estimate of drug-likeness (QED) is 0.824. The van der Waals surface area contributed by atoms with Crippen LogP contribution in [0.25, 0.3) is 0 Å². The second-order valence-corrected chi connectivity index (χ2v) is 4.03. The van der Waals surface area contributed by atoms with Crippen LogP contribution in [0.15, 0.2) is 24.3 Å². The Bertz CT molecular complexity index is 383. The third-order valence-corrected chi connectivity index (χ3v) is 3.02. The van der Waals surface area contributed by atoms with Crippen molar-refractivity contribution < 1.29 is 14.3 Å². The number of alkyl halides is 1. The highest BCUT2D eigenvalue weighted by molar-refractivity contribution is 5.84. The molecule has 15 heavy (non-hydrogen) atoms. The zero-order valence-electron chi connectivity index (χ0n) is 8.37. The Morgan fingerprint density at radius 3 is 2.73 bits per heavy atom. The number of hydrogen-bond donors (Lipinski definition) is 1. The number of carboxylic acids is 1. The normalized spacial score (nSPS) is 17.4. The van der Waals surface area contributed by atoms with Crippen molar-refractivity contribution in [1.29, 1.82) is 0 Å². The highest BCUT2D eigenvalue weighted by Gasteiger charge is 2.51. The summed E-state index contributed by atoms with van der Waals surface area (Å²) in [5.41, 5.74) is 1.02. The van der Waals surface area contributed by atoms with Gasteiger partial charge in [0.1, 0.15) is 0 Å². The molecule has 80 valence electrons. The number of benzene rings is 1. The summed E-state index contributed by atoms with van der Waals surface area (Å²) in [6, 6.07) is 7.29. The van der Waals surface area contributed by atoms with Gasteiger partial charge in [-0.25, -0.2) is 0 Å². The highest BCUT2D eigenvalue weighted by Crippen LogP contribution is 2.48. The summed E-state index contributed by atoms with van der Waals surface area (Å²) >= 11 is 0. The largest absolute Gasteiger partial charge is 0.481 e. The zero-order chi connectivity index (χ0) is 10.9. The minimum Gasteiger partial charge on any atom is -0.481 e. The van der Waals surface area contributed by atoms with Gasteiger partial charge in [-0.05, 0) is 24.0 Å². The summed E-state index contributed by atoms with van der Waals surface area (Å²) in [7, 11) is 0. The van der Waals surface area contributed by atoms with Crippen LogP contribution in [-0.2, 0) is 16.6 Å². The molecule has 1 aliphatic rings. The Morgan fingerprint density at radius 1 is 1.47 bits per heavy atom. The molecule has 2 nitrogen and oxygen atoms in total. The van der Waals surface area contributed by atoms with Crippen LogP contribution >= 0.6 is 0 Å². The standard InChI is InChI=1S/C12H13FO2/c13-7-4-9-2-1-3-10(8-9)12(5-6-12)11(14)15/h1-3,8H,4-7H2,(H,14,15). The van der Waals surface area contributed by atoms with Crippen LogP contribution in [0.3, 0.4) is 0 Å². The summed E-state index contributed by atoms with van der Waals surface area (Å²) in [5.74, 6) is -0.764. The molecule has 1 aromatic carbocycles. The van der Waals surface area contributed by atoms with Gasteiger partial charge in [-0.2, -0.15) is 0 Å². The van der Waals surface area contributed by atoms with E-state index >= 15 is 0 Å². The Balaban J connectivity index is 2.29. The predicted molar refractivity (Wildman–Crippen MR) is 54.7 cm³/mol. The molecule has 0 aliphatic heterocycles. The van der Waals surface area contributed by atoms with Gasteiger partial charge < -0.3 is 5.11 Å². The monoisotopic (exact) mass is 208 g/mol. The summed E-state index contributed by atoms with van der Waals surface area (Å²) in [5, 5.41) is 9.10. The van der Waals surface area contributed by atoms with Gasteiger partial charge in [0.05, 0.1) is 12.1 Å². The molecule has 3 heteroatoms. The van der Waals surface area contributed by atoms with E-state index in [0.717, 1.165) is 11.1 Å². The topological polar surface area (TPSA) is 37.3 Å². The average Bonchev–Trinajstić information content (AvgIpc) is 2.99. The smallest absolute Gasteiger partial charge is 0.314 e. The van der Waals surface area contributed by atoms with Gasteiger partial charge in [-0.1, -0.05) is 24.3 Å². The van der Waals surface area contributed by atoms with Crippen molar-refractivity contribution in [2.75, 3.05) is 6.67 Å². The van der Waals surface area contributed by atoms with E-state index < -0.39 is 18.1 Å². The molecule has 0 unspecified atom stereocenters. The second-order valence-electron chi connectivity index (χ2n) is 4.03. The van der Waals surface area contributed by atoms with E-state index in [1.807, 2.05) is 24.3 Å². The molecule has 0 atom stereocenters. The van der Waals surface area contributed by atoms with E-state index in [2.05, 4.69) is 0 Å². The van der Waals surface area contributed by atoms with Crippen LogP contribution in [0, 0.1) is 0 Å². The third-order valence-electron chi connectivity index (χ3n) is 3.02. The Kier molecular flexibility index (Phi) is 2.47. The number of hydrogen-bond acceptors (Lipinski definition) is 1. The minimum absolute atomic E-state index is 0.365. The van der Waals surface area contributed by atoms with Crippen LogP contribution in [0.4, 0.5) is 4.39 Å². The highest BCUT2D eigenvalue weighted by atomic mass is 19.1. The lowest BCUT2D eigenvalue weighted by atomic mass is 9.94. The van der Waals surface area contributed by atoms with Crippen molar-refractivity contribution >= 4 is 5.97 Å². The molecule has 1 aliphatic carbocycles. The van der Waals surface area contributed by atoms with Gasteiger partial charge in [-0.15, -0.1) is 0 Å². The van der Waals surface area contributed by atoms with Crippen molar-refractivity contribution in [3.63, 3.8) is 0 Å². The van der Waals surface area contributed by atoms with Crippen molar-refractivity contribution in [3.05, 3.63) is 35.4 Å². The first kappa shape index (κ1) is 10.1. The van der Waals surface area contributed by atoms with E-state index in [0.29, 0.717) is 19.3 Å². The second kappa shape index (κ2) is 3.65. The molecule has 1 saturated carbocycles. The molecule has 1 aromatic rings. The van der Waals surface area contributed by atoms with Gasteiger partial charge in [0.2, 0.25) is 0 Å². The first-order chi connectivity index (χ1) is 7.19. The maximum Gasteiger partial charge on any atom is 0.314 e. The molecule has 0 heterocycles. The summed E-state index contributed by atoms with van der Waals surface area (Å²) in [4.78, 5) is 11.1. The van der Waals surface area contributed by atoms with Gasteiger partial charge in [0.15, 0.2) is 0 Å². The summed E-state index contributed by atoms with van der Waals surface area (Å²) in [6.07, 6.45) is 1.76. The van der Waals surface area contributed by atoms with Gasteiger partial charge >= 0.3 is 5.97 Å². The first-order valence-electron chi connectivity index (χ1n) is 5.08. The van der Waals surface area contributed by atoms with E-state index in [1.54, 1.807) is 0 Å². The zero-order valence-corrected chi connectivity index (χ0v) is 8.37. The van der Waals surface area contributed by atoms with Crippen molar-refractivity contribution in [1.82, 2.24) is 0 Å². The van der Waals surface area contributed by atoms with Crippen LogP contribution in [-0.4, -0.2) is 17.8 Å². The number of rotatable bonds is 4. The number of carboxylic acid groups (broad SMARTS) is 1. The average molecular weight is 208 g/mol. The number of aryl methyl sites for hydroxylation is 1. The molecule has 0 spiro atoms. The lowest BCUT2D eigenvalue weighted by Gasteiger charge is -2.11. The molecule has 0 saturated heterocycles. The molecule has 0 radical (unpaired) electrons. The van der Waals surface area contributed by atoms with Gasteiger partial charge in [-0.3, -0.25) is 9.18 Å². The molecule has 1 N–H and O–H groups in total. The fourth-order valence-electron chi connectivity index (χ4n) is 1.88. The molecule has 2 rings (SSSR count). The number of halogens is 1. The maximum atomic E-state index is 12.2. The van der Waals surface area contributed by atoms with Gasteiger partial charge in [0.25, 0.3) is 0 Å². The van der Waals surface area contributed by atoms with Crippen LogP contribution in [0.5, 0.6) is 0 Å². The Morgan fingerprint density at radius 2 is 2.20 bits per heavy atom. The number of carbonyl (C=O) groups is 1. The third kappa shape index (κ3) is 1.74.